The molecule has 0 bridgehead atoms. The minimum atomic E-state index is -2.50. The van der Waals surface area contributed by atoms with E-state index in [9.17, 15) is 18.7 Å². The van der Waals surface area contributed by atoms with E-state index in [-0.39, 0.29) is 5.56 Å². The van der Waals surface area contributed by atoms with E-state index in [2.05, 4.69) is 0 Å². The van der Waals surface area contributed by atoms with Crippen molar-refractivity contribution in [2.75, 3.05) is 4.31 Å². The number of hydrogen-bond donors (Lipinski definition) is 1. The summed E-state index contributed by atoms with van der Waals surface area (Å²) in [5.41, 5.74) is 2.61. The minimum absolute atomic E-state index is 0.182. The van der Waals surface area contributed by atoms with Crippen molar-refractivity contribution in [2.24, 2.45) is 0 Å². The zero-order valence-corrected chi connectivity index (χ0v) is 14.8. The molecule has 0 saturated heterocycles. The van der Waals surface area contributed by atoms with E-state index in [4.69, 9.17) is 0 Å². The van der Waals surface area contributed by atoms with Gasteiger partial charge in [0.2, 0.25) is 0 Å². The van der Waals surface area contributed by atoms with Gasteiger partial charge in [-0.3, -0.25) is 8.51 Å². The highest BCUT2D eigenvalue weighted by molar-refractivity contribution is 7.81. The third-order valence-corrected chi connectivity index (χ3v) is 5.38. The Morgan fingerprint density at radius 1 is 1.16 bits per heavy atom. The fourth-order valence-electron chi connectivity index (χ4n) is 2.56. The lowest BCUT2D eigenvalue weighted by Gasteiger charge is -2.26. The summed E-state index contributed by atoms with van der Waals surface area (Å²) < 4.78 is 24.8. The number of aryl methyl sites for hydroxylation is 1. The van der Waals surface area contributed by atoms with Crippen LogP contribution in [0.5, 0.6) is 0 Å². The maximum absolute atomic E-state index is 11.8. The first-order chi connectivity index (χ1) is 12.0. The van der Waals surface area contributed by atoms with Crippen molar-refractivity contribution >= 4 is 39.9 Å². The molecule has 1 atom stereocenters. The van der Waals surface area contributed by atoms with Gasteiger partial charge < -0.3 is 9.66 Å². The standard InChI is InChI=1S/C18H15NO4S2/c1-12-6-2-5-9-16(12)19(25(22)23)13-10-17(24-11-13)14-7-3-4-8-15(14)18(20)21/h2-11H,1H3,(H,20,21)(H,22,23)/p-1. The van der Waals surface area contributed by atoms with Crippen molar-refractivity contribution in [3.05, 3.63) is 71.1 Å². The van der Waals surface area contributed by atoms with Crippen LogP contribution in [0.2, 0.25) is 0 Å². The van der Waals surface area contributed by atoms with Gasteiger partial charge in [-0.1, -0.05) is 36.4 Å². The maximum Gasteiger partial charge on any atom is 0.336 e. The maximum atomic E-state index is 11.8. The number of anilines is 2. The fourth-order valence-corrected chi connectivity index (χ4v) is 4.18. The summed E-state index contributed by atoms with van der Waals surface area (Å²) in [7, 11) is 0. The van der Waals surface area contributed by atoms with E-state index in [0.29, 0.717) is 21.8 Å². The van der Waals surface area contributed by atoms with Gasteiger partial charge in [0.15, 0.2) is 0 Å². The first-order valence-corrected chi connectivity index (χ1v) is 9.26. The van der Waals surface area contributed by atoms with Crippen LogP contribution >= 0.6 is 11.3 Å². The number of carboxylic acid groups (broad SMARTS) is 1. The van der Waals surface area contributed by atoms with E-state index in [1.807, 2.05) is 19.1 Å². The molecule has 0 aliphatic rings. The molecule has 0 saturated carbocycles. The van der Waals surface area contributed by atoms with Crippen LogP contribution in [0.15, 0.2) is 60.0 Å². The molecule has 1 unspecified atom stereocenters. The second-order valence-electron chi connectivity index (χ2n) is 5.32. The summed E-state index contributed by atoms with van der Waals surface area (Å²) in [4.78, 5) is 12.1. The number of para-hydroxylation sites is 1. The molecule has 128 valence electrons. The Bertz CT molecular complexity index is 952. The van der Waals surface area contributed by atoms with Crippen molar-refractivity contribution < 1.29 is 18.7 Å². The molecule has 2 aromatic carbocycles. The molecule has 1 aromatic heterocycles. The van der Waals surface area contributed by atoms with Crippen molar-refractivity contribution in [1.29, 1.82) is 0 Å². The zero-order chi connectivity index (χ0) is 18.0. The normalized spacial score (nSPS) is 11.9. The van der Waals surface area contributed by atoms with Crippen LogP contribution in [0.4, 0.5) is 11.4 Å². The number of carboxylic acids is 1. The Morgan fingerprint density at radius 3 is 2.52 bits per heavy atom. The Morgan fingerprint density at radius 2 is 1.84 bits per heavy atom. The van der Waals surface area contributed by atoms with Crippen LogP contribution in [0.25, 0.3) is 10.4 Å². The highest BCUT2D eigenvalue weighted by Crippen LogP contribution is 2.37. The van der Waals surface area contributed by atoms with E-state index < -0.39 is 17.2 Å². The smallest absolute Gasteiger partial charge is 0.336 e. The molecule has 25 heavy (non-hydrogen) atoms. The molecule has 0 radical (unpaired) electrons. The summed E-state index contributed by atoms with van der Waals surface area (Å²) in [6.07, 6.45) is 0. The van der Waals surface area contributed by atoms with Crippen molar-refractivity contribution in [1.82, 2.24) is 0 Å². The average Bonchev–Trinajstić information content (AvgIpc) is 3.06. The van der Waals surface area contributed by atoms with E-state index in [1.54, 1.807) is 41.8 Å². The molecular formula is C18H14NO4S2-. The minimum Gasteiger partial charge on any atom is -0.755 e. The zero-order valence-electron chi connectivity index (χ0n) is 13.2. The van der Waals surface area contributed by atoms with Gasteiger partial charge in [-0.2, -0.15) is 0 Å². The Kier molecular flexibility index (Phi) is 4.98. The van der Waals surface area contributed by atoms with Crippen molar-refractivity contribution in [3.63, 3.8) is 0 Å². The van der Waals surface area contributed by atoms with Crippen LogP contribution in [-0.4, -0.2) is 19.8 Å². The third kappa shape index (κ3) is 3.48. The van der Waals surface area contributed by atoms with Crippen LogP contribution in [-0.2, 0) is 11.3 Å². The van der Waals surface area contributed by atoms with Crippen molar-refractivity contribution in [2.45, 2.75) is 6.92 Å². The lowest BCUT2D eigenvalue weighted by Crippen LogP contribution is -2.19. The number of rotatable bonds is 5. The SMILES string of the molecule is Cc1ccccc1N(c1csc(-c2ccccc2C(=O)O)c1)S(=O)[O-]. The second kappa shape index (κ2) is 7.18. The Hall–Kier alpha value is -2.48. The number of aromatic carboxylic acids is 1. The molecule has 5 nitrogen and oxygen atoms in total. The number of benzene rings is 2. The molecule has 3 rings (SSSR count). The van der Waals surface area contributed by atoms with E-state index in [1.165, 1.54) is 21.7 Å². The highest BCUT2D eigenvalue weighted by Gasteiger charge is 2.17. The van der Waals surface area contributed by atoms with Gasteiger partial charge >= 0.3 is 5.97 Å². The number of carbonyl (C=O) groups is 1. The first-order valence-electron chi connectivity index (χ1n) is 7.35. The van der Waals surface area contributed by atoms with E-state index in [0.717, 1.165) is 5.56 Å². The van der Waals surface area contributed by atoms with Gasteiger partial charge in [0, 0.05) is 15.8 Å². The molecule has 3 aromatic rings. The van der Waals surface area contributed by atoms with Gasteiger partial charge in [-0.15, -0.1) is 11.3 Å². The quantitative estimate of drug-likeness (QED) is 0.675. The molecule has 0 aliphatic heterocycles. The average molecular weight is 372 g/mol. The lowest BCUT2D eigenvalue weighted by atomic mass is 10.1. The molecule has 7 heteroatoms. The third-order valence-electron chi connectivity index (χ3n) is 3.73. The van der Waals surface area contributed by atoms with Gasteiger partial charge in [-0.25, -0.2) is 4.79 Å². The molecule has 1 N–H and O–H groups in total. The van der Waals surface area contributed by atoms with Crippen LogP contribution in [0, 0.1) is 6.92 Å². The van der Waals surface area contributed by atoms with Gasteiger partial charge in [0.1, 0.15) is 0 Å². The van der Waals surface area contributed by atoms with Gasteiger partial charge in [0.25, 0.3) is 0 Å². The highest BCUT2D eigenvalue weighted by atomic mass is 32.2. The lowest BCUT2D eigenvalue weighted by molar-refractivity contribution is 0.0697. The first kappa shape index (κ1) is 17.3. The van der Waals surface area contributed by atoms with Crippen LogP contribution in [0.1, 0.15) is 15.9 Å². The molecule has 0 aliphatic carbocycles. The summed E-state index contributed by atoms with van der Waals surface area (Å²) in [6.45, 7) is 1.84. The Labute approximate surface area is 151 Å². The van der Waals surface area contributed by atoms with Crippen LogP contribution in [0.3, 0.4) is 0 Å². The predicted molar refractivity (Wildman–Crippen MR) is 99.0 cm³/mol. The van der Waals surface area contributed by atoms with Gasteiger partial charge in [-0.05, 0) is 30.7 Å². The molecule has 0 amide bonds. The topological polar surface area (TPSA) is 80.7 Å². The monoisotopic (exact) mass is 372 g/mol. The summed E-state index contributed by atoms with van der Waals surface area (Å²) in [5, 5.41) is 11.0. The van der Waals surface area contributed by atoms with Crippen molar-refractivity contribution in [3.8, 4) is 10.4 Å². The second-order valence-corrected chi connectivity index (χ2v) is 7.03. The molecule has 0 spiro atoms. The summed E-state index contributed by atoms with van der Waals surface area (Å²) >= 11 is -1.20. The molecule has 0 fully saturated rings. The summed E-state index contributed by atoms with van der Waals surface area (Å²) in [5.74, 6) is -1.02. The fraction of sp³-hybridized carbons (Fsp3) is 0.0556. The molecule has 1 heterocycles. The van der Waals surface area contributed by atoms with Gasteiger partial charge in [0.05, 0.1) is 28.2 Å². The largest absolute Gasteiger partial charge is 0.755 e. The predicted octanol–water partition coefficient (Wildman–Crippen LogP) is 4.35. The van der Waals surface area contributed by atoms with Crippen LogP contribution < -0.4 is 4.31 Å². The number of nitrogens with zero attached hydrogens (tertiary/aromatic N) is 1. The number of hydrogen-bond acceptors (Lipinski definition) is 4. The number of thiophene rings is 1. The molecular weight excluding hydrogens is 358 g/mol. The van der Waals surface area contributed by atoms with E-state index >= 15 is 0 Å². The summed E-state index contributed by atoms with van der Waals surface area (Å²) in [6, 6.07) is 15.5. The Balaban J connectivity index is 2.07.